The molecule has 0 spiro atoms. The van der Waals surface area contributed by atoms with Gasteiger partial charge in [-0.25, -0.2) is 9.79 Å². The van der Waals surface area contributed by atoms with Crippen LogP contribution in [0.15, 0.2) is 17.4 Å². The minimum atomic E-state index is 0.326. The van der Waals surface area contributed by atoms with Crippen LogP contribution in [-0.2, 0) is 4.79 Å². The SMILES string of the molecule is CCCCCCCCCCCCCCC(=O)[N+]1(C)C=CN=C1CCCCCCCCCCCC. The van der Waals surface area contributed by atoms with E-state index in [1.165, 1.54) is 128 Å². The topological polar surface area (TPSA) is 29.4 Å². The third kappa shape index (κ3) is 14.4. The number of hydrogen-bond acceptors (Lipinski definition) is 2. The molecule has 0 fully saturated rings. The summed E-state index contributed by atoms with van der Waals surface area (Å²) in [6.07, 6.45) is 35.0. The Hall–Kier alpha value is -0.960. The van der Waals surface area contributed by atoms with E-state index >= 15 is 0 Å². The Kier molecular flexibility index (Phi) is 19.5. The van der Waals surface area contributed by atoms with E-state index in [1.807, 2.05) is 19.4 Å². The molecule has 1 heterocycles. The van der Waals surface area contributed by atoms with E-state index in [2.05, 4.69) is 18.8 Å². The normalized spacial score (nSPS) is 17.4. The quantitative estimate of drug-likeness (QED) is 0.101. The molecule has 34 heavy (non-hydrogen) atoms. The number of carbonyl (C=O) groups excluding carboxylic acids is 1. The highest BCUT2D eigenvalue weighted by atomic mass is 16.2. The van der Waals surface area contributed by atoms with Crippen molar-refractivity contribution < 1.29 is 9.28 Å². The molecule has 0 aromatic heterocycles. The molecule has 0 bridgehead atoms. The third-order valence-electron chi connectivity index (χ3n) is 7.64. The summed E-state index contributed by atoms with van der Waals surface area (Å²) in [5.74, 6) is 1.38. The fraction of sp³-hybridized carbons (Fsp3) is 0.871. The first-order chi connectivity index (χ1) is 16.6. The first-order valence-electron chi connectivity index (χ1n) is 15.3. The van der Waals surface area contributed by atoms with Crippen LogP contribution >= 0.6 is 0 Å². The van der Waals surface area contributed by atoms with Crippen molar-refractivity contribution in [3.63, 3.8) is 0 Å². The number of nitrogens with zero attached hydrogens (tertiary/aromatic N) is 2. The van der Waals surface area contributed by atoms with Gasteiger partial charge in [-0.1, -0.05) is 142 Å². The van der Waals surface area contributed by atoms with Gasteiger partial charge in [0.25, 0.3) is 0 Å². The maximum Gasteiger partial charge on any atom is 0.324 e. The van der Waals surface area contributed by atoms with E-state index in [0.29, 0.717) is 16.8 Å². The van der Waals surface area contributed by atoms with E-state index in [1.54, 1.807) is 0 Å². The predicted octanol–water partition coefficient (Wildman–Crippen LogP) is 10.2. The number of carbonyl (C=O) groups is 1. The second-order valence-corrected chi connectivity index (χ2v) is 10.9. The average Bonchev–Trinajstić information content (AvgIpc) is 3.22. The molecule has 1 atom stereocenters. The van der Waals surface area contributed by atoms with Gasteiger partial charge in [-0.05, 0) is 12.8 Å². The number of quaternary nitrogens is 1. The Morgan fingerprint density at radius 1 is 0.618 bits per heavy atom. The Morgan fingerprint density at radius 2 is 1.00 bits per heavy atom. The highest BCUT2D eigenvalue weighted by molar-refractivity contribution is 5.90. The molecule has 0 aromatic carbocycles. The Balaban J connectivity index is 2.04. The second-order valence-electron chi connectivity index (χ2n) is 10.9. The molecule has 0 saturated carbocycles. The van der Waals surface area contributed by atoms with Gasteiger partial charge in [0.05, 0.1) is 19.7 Å². The largest absolute Gasteiger partial charge is 0.324 e. The lowest BCUT2D eigenvalue weighted by Gasteiger charge is -2.25. The molecule has 1 aliphatic heterocycles. The molecular weight excluding hydrogens is 416 g/mol. The summed E-state index contributed by atoms with van der Waals surface area (Å²) in [6, 6.07) is 0. The van der Waals surface area contributed by atoms with Crippen LogP contribution in [0.25, 0.3) is 0 Å². The van der Waals surface area contributed by atoms with Crippen LogP contribution in [0.3, 0.4) is 0 Å². The minimum Gasteiger partial charge on any atom is -0.230 e. The average molecular weight is 476 g/mol. The molecule has 0 saturated heterocycles. The van der Waals surface area contributed by atoms with Gasteiger partial charge in [-0.15, -0.1) is 0 Å². The van der Waals surface area contributed by atoms with Crippen molar-refractivity contribution in [3.05, 3.63) is 12.4 Å². The number of aliphatic imine (C=N–C) groups is 1. The smallest absolute Gasteiger partial charge is 0.230 e. The summed E-state index contributed by atoms with van der Waals surface area (Å²) >= 11 is 0. The number of unbranched alkanes of at least 4 members (excludes halogenated alkanes) is 20. The molecule has 1 unspecified atom stereocenters. The van der Waals surface area contributed by atoms with Gasteiger partial charge in [0, 0.05) is 6.42 Å². The second kappa shape index (κ2) is 21.3. The molecule has 0 radical (unpaired) electrons. The zero-order valence-corrected chi connectivity index (χ0v) is 23.4. The lowest BCUT2D eigenvalue weighted by atomic mass is 10.0. The van der Waals surface area contributed by atoms with Gasteiger partial charge in [0.1, 0.15) is 6.20 Å². The summed E-state index contributed by atoms with van der Waals surface area (Å²) in [5.41, 5.74) is 0. The molecule has 1 amide bonds. The van der Waals surface area contributed by atoms with Gasteiger partial charge in [-0.2, -0.15) is 4.48 Å². The zero-order valence-electron chi connectivity index (χ0n) is 23.4. The highest BCUT2D eigenvalue weighted by Gasteiger charge is 2.37. The lowest BCUT2D eigenvalue weighted by Crippen LogP contribution is -2.47. The number of rotatable bonds is 24. The van der Waals surface area contributed by atoms with Gasteiger partial charge in [-0.3, -0.25) is 0 Å². The first-order valence-corrected chi connectivity index (χ1v) is 15.3. The maximum atomic E-state index is 13.0. The Morgan fingerprint density at radius 3 is 1.44 bits per heavy atom. The van der Waals surface area contributed by atoms with Crippen molar-refractivity contribution in [2.75, 3.05) is 7.05 Å². The van der Waals surface area contributed by atoms with Crippen LogP contribution in [0.4, 0.5) is 0 Å². The predicted molar refractivity (Wildman–Crippen MR) is 150 cm³/mol. The molecular formula is C31H59N2O+. The molecule has 198 valence electrons. The lowest BCUT2D eigenvalue weighted by molar-refractivity contribution is -0.683. The van der Waals surface area contributed by atoms with E-state index in [-0.39, 0.29) is 0 Å². The van der Waals surface area contributed by atoms with Gasteiger partial charge in [0.2, 0.25) is 5.84 Å². The zero-order chi connectivity index (χ0) is 24.7. The van der Waals surface area contributed by atoms with E-state index in [9.17, 15) is 4.79 Å². The van der Waals surface area contributed by atoms with Gasteiger partial charge in [0.15, 0.2) is 0 Å². The summed E-state index contributed by atoms with van der Waals surface area (Å²) in [6.45, 7) is 4.56. The van der Waals surface area contributed by atoms with Crippen LogP contribution < -0.4 is 0 Å². The molecule has 0 aliphatic carbocycles. The fourth-order valence-electron chi connectivity index (χ4n) is 5.10. The van der Waals surface area contributed by atoms with Crippen LogP contribution in [0.2, 0.25) is 0 Å². The van der Waals surface area contributed by atoms with Gasteiger partial charge < -0.3 is 0 Å². The van der Waals surface area contributed by atoms with Crippen molar-refractivity contribution in [2.45, 2.75) is 168 Å². The van der Waals surface area contributed by atoms with Crippen LogP contribution in [0, 0.1) is 0 Å². The Labute approximate surface area is 213 Å². The Bertz CT molecular complexity index is 554. The van der Waals surface area contributed by atoms with Crippen molar-refractivity contribution in [1.29, 1.82) is 0 Å². The molecule has 1 aliphatic rings. The highest BCUT2D eigenvalue weighted by Crippen LogP contribution is 2.22. The number of amides is 1. The van der Waals surface area contributed by atoms with Crippen LogP contribution in [-0.4, -0.2) is 23.3 Å². The standard InChI is InChI=1S/C31H59N2O/c1-4-6-8-10-12-14-16-17-19-21-23-25-27-31(34)33(3)29-28-32-30(33)26-24-22-20-18-15-13-11-9-7-5-2/h28-29H,4-27H2,1-3H3/q+1. The van der Waals surface area contributed by atoms with Crippen molar-refractivity contribution >= 4 is 11.7 Å². The maximum absolute atomic E-state index is 13.0. The van der Waals surface area contributed by atoms with E-state index in [0.717, 1.165) is 25.1 Å². The molecule has 3 heteroatoms. The molecule has 1 rings (SSSR count). The van der Waals surface area contributed by atoms with Crippen molar-refractivity contribution in [3.8, 4) is 0 Å². The molecule has 0 N–H and O–H groups in total. The minimum absolute atomic E-state index is 0.326. The first kappa shape index (κ1) is 31.1. The number of amidine groups is 1. The van der Waals surface area contributed by atoms with Crippen LogP contribution in [0.5, 0.6) is 0 Å². The molecule has 3 nitrogen and oxygen atoms in total. The van der Waals surface area contributed by atoms with Crippen molar-refractivity contribution in [2.24, 2.45) is 4.99 Å². The molecule has 0 aromatic rings. The monoisotopic (exact) mass is 475 g/mol. The van der Waals surface area contributed by atoms with E-state index < -0.39 is 0 Å². The summed E-state index contributed by atoms with van der Waals surface area (Å²) in [4.78, 5) is 17.6. The third-order valence-corrected chi connectivity index (χ3v) is 7.64. The summed E-state index contributed by atoms with van der Waals surface area (Å²) < 4.78 is 0.329. The van der Waals surface area contributed by atoms with Crippen molar-refractivity contribution in [1.82, 2.24) is 0 Å². The van der Waals surface area contributed by atoms with E-state index in [4.69, 9.17) is 0 Å². The van der Waals surface area contributed by atoms with Crippen LogP contribution in [0.1, 0.15) is 168 Å². The van der Waals surface area contributed by atoms with Gasteiger partial charge >= 0.3 is 5.91 Å². The fourth-order valence-corrected chi connectivity index (χ4v) is 5.10. The summed E-state index contributed by atoms with van der Waals surface area (Å²) in [7, 11) is 2.04. The summed E-state index contributed by atoms with van der Waals surface area (Å²) in [5, 5.41) is 0. The number of hydrogen-bond donors (Lipinski definition) is 0.